The third-order valence-corrected chi connectivity index (χ3v) is 3.10. The van der Waals surface area contributed by atoms with E-state index in [1.807, 2.05) is 27.7 Å². The van der Waals surface area contributed by atoms with E-state index in [1.54, 1.807) is 0 Å². The Morgan fingerprint density at radius 2 is 1.94 bits per heavy atom. The molecule has 5 nitrogen and oxygen atoms in total. The quantitative estimate of drug-likeness (QED) is 0.742. The van der Waals surface area contributed by atoms with Crippen molar-refractivity contribution in [2.24, 2.45) is 11.8 Å². The van der Waals surface area contributed by atoms with E-state index in [4.69, 9.17) is 0 Å². The van der Waals surface area contributed by atoms with Gasteiger partial charge in [-0.1, -0.05) is 13.8 Å². The second-order valence-corrected chi connectivity index (χ2v) is 5.41. The molecule has 0 spiro atoms. The Morgan fingerprint density at radius 1 is 1.33 bits per heavy atom. The van der Waals surface area contributed by atoms with Crippen molar-refractivity contribution >= 4 is 17.7 Å². The van der Waals surface area contributed by atoms with Crippen LogP contribution in [0.3, 0.4) is 0 Å². The number of nitrogens with zero attached hydrogens (tertiary/aromatic N) is 1. The number of carbonyl (C=O) groups is 3. The molecule has 18 heavy (non-hydrogen) atoms. The second-order valence-electron chi connectivity index (χ2n) is 5.41. The number of rotatable bonds is 5. The summed E-state index contributed by atoms with van der Waals surface area (Å²) in [5.74, 6) is -0.469. The fourth-order valence-corrected chi connectivity index (χ4v) is 2.07. The Balaban J connectivity index is 2.50. The molecule has 1 rings (SSSR count). The van der Waals surface area contributed by atoms with Crippen molar-refractivity contribution in [1.29, 1.82) is 0 Å². The third-order valence-electron chi connectivity index (χ3n) is 3.10. The van der Waals surface area contributed by atoms with E-state index < -0.39 is 0 Å². The topological polar surface area (TPSA) is 66.5 Å². The first-order chi connectivity index (χ1) is 8.32. The molecule has 1 saturated heterocycles. The van der Waals surface area contributed by atoms with Crippen LogP contribution in [0.5, 0.6) is 0 Å². The van der Waals surface area contributed by atoms with Crippen molar-refractivity contribution in [2.75, 3.05) is 6.54 Å². The van der Waals surface area contributed by atoms with Crippen LogP contribution >= 0.6 is 0 Å². The highest BCUT2D eigenvalue weighted by atomic mass is 16.2. The van der Waals surface area contributed by atoms with Gasteiger partial charge in [-0.3, -0.25) is 19.3 Å². The summed E-state index contributed by atoms with van der Waals surface area (Å²) in [4.78, 5) is 36.4. The summed E-state index contributed by atoms with van der Waals surface area (Å²) < 4.78 is 0. The van der Waals surface area contributed by atoms with Gasteiger partial charge < -0.3 is 5.32 Å². The Labute approximate surface area is 108 Å². The first kappa shape index (κ1) is 14.7. The minimum absolute atomic E-state index is 0.0749. The molecule has 0 aromatic heterocycles. The molecular formula is C13H22N2O3. The number of carbonyl (C=O) groups excluding carboxylic acids is 3. The highest BCUT2D eigenvalue weighted by molar-refractivity contribution is 6.03. The number of imide groups is 1. The summed E-state index contributed by atoms with van der Waals surface area (Å²) in [6, 6.07) is 0.0749. The molecule has 1 unspecified atom stereocenters. The highest BCUT2D eigenvalue weighted by Crippen LogP contribution is 2.26. The molecule has 0 aromatic carbocycles. The predicted molar refractivity (Wildman–Crippen MR) is 67.6 cm³/mol. The number of hydrogen-bond donors (Lipinski definition) is 1. The van der Waals surface area contributed by atoms with E-state index in [0.717, 1.165) is 0 Å². The molecule has 1 atom stereocenters. The molecule has 5 heteroatoms. The van der Waals surface area contributed by atoms with Gasteiger partial charge in [0, 0.05) is 31.3 Å². The van der Waals surface area contributed by atoms with Crippen LogP contribution in [0.15, 0.2) is 0 Å². The van der Waals surface area contributed by atoms with E-state index in [0.29, 0.717) is 0 Å². The summed E-state index contributed by atoms with van der Waals surface area (Å²) in [6.45, 7) is 7.81. The summed E-state index contributed by atoms with van der Waals surface area (Å²) in [6.07, 6.45) is 0.461. The van der Waals surface area contributed by atoms with E-state index in [2.05, 4.69) is 5.32 Å². The van der Waals surface area contributed by atoms with Gasteiger partial charge in [-0.15, -0.1) is 0 Å². The fraction of sp³-hybridized carbons (Fsp3) is 0.769. The van der Waals surface area contributed by atoms with Gasteiger partial charge in [0.1, 0.15) is 0 Å². The lowest BCUT2D eigenvalue weighted by Crippen LogP contribution is -2.37. The fourth-order valence-electron chi connectivity index (χ4n) is 2.07. The molecule has 1 aliphatic heterocycles. The molecule has 1 aliphatic rings. The number of hydrogen-bond acceptors (Lipinski definition) is 3. The van der Waals surface area contributed by atoms with Gasteiger partial charge >= 0.3 is 0 Å². The zero-order valence-electron chi connectivity index (χ0n) is 11.5. The average Bonchev–Trinajstić information content (AvgIpc) is 2.51. The molecule has 0 saturated carbocycles. The van der Waals surface area contributed by atoms with Crippen LogP contribution < -0.4 is 5.32 Å². The molecule has 102 valence electrons. The first-order valence-electron chi connectivity index (χ1n) is 6.46. The van der Waals surface area contributed by atoms with Crippen molar-refractivity contribution in [3.8, 4) is 0 Å². The second kappa shape index (κ2) is 5.98. The zero-order valence-corrected chi connectivity index (χ0v) is 11.5. The zero-order chi connectivity index (χ0) is 13.9. The average molecular weight is 254 g/mol. The van der Waals surface area contributed by atoms with Crippen molar-refractivity contribution < 1.29 is 14.4 Å². The van der Waals surface area contributed by atoms with Gasteiger partial charge in [-0.05, 0) is 19.8 Å². The van der Waals surface area contributed by atoms with Gasteiger partial charge in [0.05, 0.1) is 0 Å². The summed E-state index contributed by atoms with van der Waals surface area (Å²) in [5.41, 5.74) is 0. The minimum atomic E-state index is -0.217. The monoisotopic (exact) mass is 254 g/mol. The summed E-state index contributed by atoms with van der Waals surface area (Å²) in [5, 5.41) is 2.74. The molecule has 0 aliphatic carbocycles. The Kier molecular flexibility index (Phi) is 4.87. The van der Waals surface area contributed by atoms with Gasteiger partial charge in [-0.25, -0.2) is 0 Å². The maximum atomic E-state index is 12.0. The van der Waals surface area contributed by atoms with Crippen LogP contribution in [0, 0.1) is 11.8 Å². The van der Waals surface area contributed by atoms with E-state index in [9.17, 15) is 14.4 Å². The Hall–Kier alpha value is -1.39. The SMILES string of the molecule is CC(C)NC(=O)CCN1C(=O)CC(C(C)C)C1=O. The minimum Gasteiger partial charge on any atom is -0.354 e. The van der Waals surface area contributed by atoms with E-state index in [1.165, 1.54) is 4.90 Å². The van der Waals surface area contributed by atoms with Crippen LogP contribution in [-0.2, 0) is 14.4 Å². The third kappa shape index (κ3) is 3.55. The van der Waals surface area contributed by atoms with Crippen LogP contribution in [0.25, 0.3) is 0 Å². The molecule has 1 fully saturated rings. The molecule has 3 amide bonds. The normalized spacial score (nSPS) is 20.1. The summed E-state index contributed by atoms with van der Waals surface area (Å²) in [7, 11) is 0. The maximum Gasteiger partial charge on any atom is 0.233 e. The largest absolute Gasteiger partial charge is 0.354 e. The number of amides is 3. The van der Waals surface area contributed by atoms with Crippen LogP contribution in [0.1, 0.15) is 40.5 Å². The van der Waals surface area contributed by atoms with Crippen LogP contribution in [-0.4, -0.2) is 35.2 Å². The molecule has 0 radical (unpaired) electrons. The Bertz CT molecular complexity index is 350. The molecule has 0 bridgehead atoms. The standard InChI is InChI=1S/C13H22N2O3/c1-8(2)10-7-12(17)15(13(10)18)6-5-11(16)14-9(3)4/h8-10H,5-7H2,1-4H3,(H,14,16). The lowest BCUT2D eigenvalue weighted by Gasteiger charge is -2.16. The summed E-state index contributed by atoms with van der Waals surface area (Å²) >= 11 is 0. The van der Waals surface area contributed by atoms with Gasteiger partial charge in [0.2, 0.25) is 17.7 Å². The van der Waals surface area contributed by atoms with Crippen molar-refractivity contribution in [3.63, 3.8) is 0 Å². The van der Waals surface area contributed by atoms with E-state index >= 15 is 0 Å². The smallest absolute Gasteiger partial charge is 0.233 e. The lowest BCUT2D eigenvalue weighted by molar-refractivity contribution is -0.140. The molecule has 0 aromatic rings. The molecule has 1 N–H and O–H groups in total. The highest BCUT2D eigenvalue weighted by Gasteiger charge is 2.39. The lowest BCUT2D eigenvalue weighted by atomic mass is 9.94. The van der Waals surface area contributed by atoms with Gasteiger partial charge in [0.25, 0.3) is 0 Å². The van der Waals surface area contributed by atoms with Crippen molar-refractivity contribution in [3.05, 3.63) is 0 Å². The number of likely N-dealkylation sites (tertiary alicyclic amines) is 1. The van der Waals surface area contributed by atoms with Crippen molar-refractivity contribution in [1.82, 2.24) is 10.2 Å². The first-order valence-corrected chi connectivity index (χ1v) is 6.46. The Morgan fingerprint density at radius 3 is 2.39 bits per heavy atom. The van der Waals surface area contributed by atoms with Gasteiger partial charge in [0.15, 0.2) is 0 Å². The van der Waals surface area contributed by atoms with Crippen LogP contribution in [0.4, 0.5) is 0 Å². The van der Waals surface area contributed by atoms with Crippen molar-refractivity contribution in [2.45, 2.75) is 46.6 Å². The van der Waals surface area contributed by atoms with Crippen LogP contribution in [0.2, 0.25) is 0 Å². The van der Waals surface area contributed by atoms with Gasteiger partial charge in [-0.2, -0.15) is 0 Å². The predicted octanol–water partition coefficient (Wildman–Crippen LogP) is 0.932. The molecular weight excluding hydrogens is 232 g/mol. The molecule has 1 heterocycles. The maximum absolute atomic E-state index is 12.0. The number of nitrogens with one attached hydrogen (secondary N) is 1. The van der Waals surface area contributed by atoms with E-state index in [-0.39, 0.29) is 55.0 Å².